The van der Waals surface area contributed by atoms with Crippen molar-refractivity contribution in [3.63, 3.8) is 0 Å². The number of aryl methyl sites for hydroxylation is 2. The van der Waals surface area contributed by atoms with E-state index in [1.165, 1.54) is 0 Å². The summed E-state index contributed by atoms with van der Waals surface area (Å²) in [5.41, 5.74) is 6.43. The number of nitrogens with zero attached hydrogens (tertiary/aromatic N) is 3. The Hall–Kier alpha value is -3.47. The molecule has 31 heavy (non-hydrogen) atoms. The molecule has 0 saturated carbocycles. The quantitative estimate of drug-likeness (QED) is 0.451. The summed E-state index contributed by atoms with van der Waals surface area (Å²) in [6.07, 6.45) is 2.05. The molecule has 2 aromatic carbocycles. The van der Waals surface area contributed by atoms with Crippen molar-refractivity contribution in [3.05, 3.63) is 83.2 Å². The van der Waals surface area contributed by atoms with Crippen LogP contribution in [0.25, 0.3) is 22.2 Å². The van der Waals surface area contributed by atoms with E-state index in [4.69, 9.17) is 4.98 Å². The molecule has 1 amide bonds. The second-order valence-corrected chi connectivity index (χ2v) is 8.33. The van der Waals surface area contributed by atoms with E-state index in [0.29, 0.717) is 5.56 Å². The average molecular weight is 413 g/mol. The molecule has 5 nitrogen and oxygen atoms in total. The highest BCUT2D eigenvalue weighted by molar-refractivity contribution is 5.96. The molecule has 0 spiro atoms. The van der Waals surface area contributed by atoms with Gasteiger partial charge in [-0.3, -0.25) is 9.48 Å². The number of rotatable bonds is 5. The number of hydrogen-bond donors (Lipinski definition) is 1. The third-order valence-electron chi connectivity index (χ3n) is 5.67. The fraction of sp³-hybridized carbons (Fsp3) is 0.269. The number of aromatic nitrogens is 3. The Kier molecular flexibility index (Phi) is 5.59. The van der Waals surface area contributed by atoms with E-state index in [1.807, 2.05) is 67.9 Å². The van der Waals surface area contributed by atoms with Gasteiger partial charge in [0.15, 0.2) is 0 Å². The molecule has 4 rings (SSSR count). The van der Waals surface area contributed by atoms with Gasteiger partial charge in [0, 0.05) is 28.8 Å². The smallest absolute Gasteiger partial charge is 0.252 e. The minimum atomic E-state index is -0.181. The standard InChI is InChI=1S/C26H28N4O/c1-16(2)30-15-23(19(5)29-30)25-14-22(21-12-8-9-13-24(21)28-25)18(4)27-26(31)20-11-7-6-10-17(20)3/h6-16,18H,1-5H3,(H,27,31). The van der Waals surface area contributed by atoms with Crippen LogP contribution >= 0.6 is 0 Å². The van der Waals surface area contributed by atoms with Crippen LogP contribution in [0.1, 0.15) is 60.0 Å². The third kappa shape index (κ3) is 4.08. The van der Waals surface area contributed by atoms with Crippen LogP contribution in [0.15, 0.2) is 60.8 Å². The van der Waals surface area contributed by atoms with Crippen molar-refractivity contribution in [2.75, 3.05) is 0 Å². The fourth-order valence-electron chi connectivity index (χ4n) is 3.88. The molecule has 2 aromatic heterocycles. The lowest BCUT2D eigenvalue weighted by Crippen LogP contribution is -2.27. The second-order valence-electron chi connectivity index (χ2n) is 8.33. The van der Waals surface area contributed by atoms with Gasteiger partial charge in [-0.15, -0.1) is 0 Å². The summed E-state index contributed by atoms with van der Waals surface area (Å²) in [5.74, 6) is -0.0724. The monoisotopic (exact) mass is 412 g/mol. The number of nitrogens with one attached hydrogen (secondary N) is 1. The predicted octanol–water partition coefficient (Wildman–Crippen LogP) is 5.79. The van der Waals surface area contributed by atoms with Gasteiger partial charge in [-0.05, 0) is 63.9 Å². The van der Waals surface area contributed by atoms with Crippen molar-refractivity contribution < 1.29 is 4.79 Å². The molecule has 0 fully saturated rings. The van der Waals surface area contributed by atoms with Crippen molar-refractivity contribution in [2.24, 2.45) is 0 Å². The number of carbonyl (C=O) groups is 1. The van der Waals surface area contributed by atoms with E-state index in [9.17, 15) is 4.79 Å². The maximum Gasteiger partial charge on any atom is 0.252 e. The van der Waals surface area contributed by atoms with Gasteiger partial charge in [0.2, 0.25) is 0 Å². The fourth-order valence-corrected chi connectivity index (χ4v) is 3.88. The molecule has 1 unspecified atom stereocenters. The van der Waals surface area contributed by atoms with Crippen LogP contribution in [0.5, 0.6) is 0 Å². The van der Waals surface area contributed by atoms with Crippen LogP contribution in [-0.4, -0.2) is 20.7 Å². The first-order chi connectivity index (χ1) is 14.8. The first-order valence-corrected chi connectivity index (χ1v) is 10.7. The summed E-state index contributed by atoms with van der Waals surface area (Å²) < 4.78 is 1.96. The molecule has 1 atom stereocenters. The normalized spacial score (nSPS) is 12.3. The Morgan fingerprint density at radius 3 is 2.42 bits per heavy atom. The van der Waals surface area contributed by atoms with Crippen LogP contribution in [0.4, 0.5) is 0 Å². The predicted molar refractivity (Wildman–Crippen MR) is 125 cm³/mol. The van der Waals surface area contributed by atoms with Gasteiger partial charge in [0.05, 0.1) is 22.9 Å². The van der Waals surface area contributed by atoms with E-state index in [2.05, 4.69) is 42.6 Å². The van der Waals surface area contributed by atoms with Crippen LogP contribution in [-0.2, 0) is 0 Å². The van der Waals surface area contributed by atoms with Crippen LogP contribution in [0, 0.1) is 13.8 Å². The molecule has 0 aliphatic rings. The maximum absolute atomic E-state index is 12.9. The Bertz CT molecular complexity index is 1260. The maximum atomic E-state index is 12.9. The third-order valence-corrected chi connectivity index (χ3v) is 5.67. The molecule has 0 bridgehead atoms. The lowest BCUT2D eigenvalue weighted by molar-refractivity contribution is 0.0939. The number of para-hydroxylation sites is 1. The molecule has 2 heterocycles. The van der Waals surface area contributed by atoms with Crippen LogP contribution < -0.4 is 5.32 Å². The Labute approximate surface area is 183 Å². The molecule has 0 saturated heterocycles. The summed E-state index contributed by atoms with van der Waals surface area (Å²) in [4.78, 5) is 17.8. The summed E-state index contributed by atoms with van der Waals surface area (Å²) in [6, 6.07) is 17.9. The van der Waals surface area contributed by atoms with E-state index in [0.717, 1.165) is 39.0 Å². The number of pyridine rings is 1. The van der Waals surface area contributed by atoms with E-state index in [-0.39, 0.29) is 18.0 Å². The molecule has 4 aromatic rings. The highest BCUT2D eigenvalue weighted by Crippen LogP contribution is 2.30. The first-order valence-electron chi connectivity index (χ1n) is 10.7. The minimum absolute atomic E-state index is 0.0724. The van der Waals surface area contributed by atoms with Crippen LogP contribution in [0.2, 0.25) is 0 Å². The van der Waals surface area contributed by atoms with E-state index >= 15 is 0 Å². The Balaban J connectivity index is 1.76. The Morgan fingerprint density at radius 2 is 1.71 bits per heavy atom. The van der Waals surface area contributed by atoms with Gasteiger partial charge >= 0.3 is 0 Å². The van der Waals surface area contributed by atoms with Crippen molar-refractivity contribution in [2.45, 2.75) is 46.7 Å². The first kappa shape index (κ1) is 20.8. The lowest BCUT2D eigenvalue weighted by Gasteiger charge is -2.18. The molecule has 1 N–H and O–H groups in total. The van der Waals surface area contributed by atoms with Gasteiger partial charge in [-0.1, -0.05) is 36.4 Å². The molecule has 5 heteroatoms. The molecule has 0 aliphatic carbocycles. The highest BCUT2D eigenvalue weighted by Gasteiger charge is 2.19. The highest BCUT2D eigenvalue weighted by atomic mass is 16.1. The van der Waals surface area contributed by atoms with Crippen molar-refractivity contribution in [1.29, 1.82) is 0 Å². The van der Waals surface area contributed by atoms with Gasteiger partial charge < -0.3 is 5.32 Å². The molecular formula is C26H28N4O. The summed E-state index contributed by atoms with van der Waals surface area (Å²) in [7, 11) is 0. The van der Waals surface area contributed by atoms with Crippen LogP contribution in [0.3, 0.4) is 0 Å². The van der Waals surface area contributed by atoms with Gasteiger partial charge in [-0.2, -0.15) is 5.10 Å². The van der Waals surface area contributed by atoms with Gasteiger partial charge in [0.25, 0.3) is 5.91 Å². The molecular weight excluding hydrogens is 384 g/mol. The zero-order chi connectivity index (χ0) is 22.1. The zero-order valence-electron chi connectivity index (χ0n) is 18.7. The van der Waals surface area contributed by atoms with Crippen molar-refractivity contribution in [1.82, 2.24) is 20.1 Å². The SMILES string of the molecule is Cc1ccccc1C(=O)NC(C)c1cc(-c2cn(C(C)C)nc2C)nc2ccccc12. The number of hydrogen-bond acceptors (Lipinski definition) is 3. The Morgan fingerprint density at radius 1 is 1.00 bits per heavy atom. The van der Waals surface area contributed by atoms with Gasteiger partial charge in [0.1, 0.15) is 0 Å². The molecule has 0 aliphatic heterocycles. The summed E-state index contributed by atoms with van der Waals surface area (Å²) >= 11 is 0. The minimum Gasteiger partial charge on any atom is -0.345 e. The average Bonchev–Trinajstić information content (AvgIpc) is 3.15. The number of benzene rings is 2. The van der Waals surface area contributed by atoms with E-state index in [1.54, 1.807) is 0 Å². The largest absolute Gasteiger partial charge is 0.345 e. The van der Waals surface area contributed by atoms with E-state index < -0.39 is 0 Å². The topological polar surface area (TPSA) is 59.8 Å². The zero-order valence-corrected chi connectivity index (χ0v) is 18.7. The molecule has 0 radical (unpaired) electrons. The number of amides is 1. The summed E-state index contributed by atoms with van der Waals surface area (Å²) in [5, 5.41) is 8.86. The van der Waals surface area contributed by atoms with Gasteiger partial charge in [-0.25, -0.2) is 4.98 Å². The lowest BCUT2D eigenvalue weighted by atomic mass is 9.99. The summed E-state index contributed by atoms with van der Waals surface area (Å²) in [6.45, 7) is 10.2. The second kappa shape index (κ2) is 8.34. The van der Waals surface area contributed by atoms with Crippen molar-refractivity contribution in [3.8, 4) is 11.3 Å². The number of fused-ring (bicyclic) bond motifs is 1. The van der Waals surface area contributed by atoms with Crippen molar-refractivity contribution >= 4 is 16.8 Å². The molecule has 158 valence electrons. The number of carbonyl (C=O) groups excluding carboxylic acids is 1.